The lowest BCUT2D eigenvalue weighted by molar-refractivity contribution is 0.0778. The average molecular weight is 303 g/mol. The van der Waals surface area contributed by atoms with Crippen molar-refractivity contribution in [3.8, 4) is 11.8 Å². The molecule has 2 N–H and O–H groups in total. The maximum Gasteiger partial charge on any atom is 0.274 e. The van der Waals surface area contributed by atoms with Crippen LogP contribution in [0.5, 0.6) is 0 Å². The number of amides is 1. The average Bonchev–Trinajstić information content (AvgIpc) is 2.92. The topological polar surface area (TPSA) is 86.3 Å². The predicted molar refractivity (Wildman–Crippen MR) is 78.9 cm³/mol. The number of aliphatic hydroxyl groups is 1. The molecule has 0 saturated heterocycles. The van der Waals surface area contributed by atoms with Crippen LogP contribution in [-0.4, -0.2) is 39.8 Å². The van der Waals surface area contributed by atoms with E-state index in [0.717, 1.165) is 10.4 Å². The number of aliphatic hydroxyl groups excluding tert-OH is 1. The number of hydrogen-bond acceptors (Lipinski definition) is 5. The number of thiophene rings is 1. The zero-order valence-electron chi connectivity index (χ0n) is 11.3. The van der Waals surface area contributed by atoms with Gasteiger partial charge in [-0.1, -0.05) is 11.8 Å². The number of carbonyl (C=O) groups is 1. The monoisotopic (exact) mass is 303 g/mol. The molecule has 108 valence electrons. The summed E-state index contributed by atoms with van der Waals surface area (Å²) in [6.07, 6.45) is 0. The summed E-state index contributed by atoms with van der Waals surface area (Å²) < 4.78 is 0. The van der Waals surface area contributed by atoms with Gasteiger partial charge in [0.25, 0.3) is 11.5 Å². The van der Waals surface area contributed by atoms with Crippen LogP contribution in [0.25, 0.3) is 0 Å². The van der Waals surface area contributed by atoms with E-state index in [4.69, 9.17) is 5.11 Å². The Hall–Kier alpha value is -2.43. The second kappa shape index (κ2) is 6.83. The van der Waals surface area contributed by atoms with Crippen molar-refractivity contribution in [2.24, 2.45) is 0 Å². The quantitative estimate of drug-likeness (QED) is 0.806. The van der Waals surface area contributed by atoms with Crippen LogP contribution >= 0.6 is 11.3 Å². The molecule has 0 saturated carbocycles. The standard InChI is InChI=1S/C14H13N3O3S/c1-17(14(20)12-4-5-13(19)16-15-12)8-10-7-11(21-9-10)3-2-6-18/h4-5,7,9,18H,6,8H2,1H3,(H,16,19). The number of hydrogen-bond donors (Lipinski definition) is 2. The van der Waals surface area contributed by atoms with Gasteiger partial charge in [-0.05, 0) is 23.1 Å². The maximum atomic E-state index is 12.1. The Labute approximate surface area is 125 Å². The molecule has 0 fully saturated rings. The van der Waals surface area contributed by atoms with E-state index < -0.39 is 0 Å². The molecule has 0 unspecified atom stereocenters. The second-order valence-corrected chi connectivity index (χ2v) is 5.16. The number of H-pyrrole nitrogens is 1. The van der Waals surface area contributed by atoms with Gasteiger partial charge in [0.05, 0.1) is 4.88 Å². The fourth-order valence-corrected chi connectivity index (χ4v) is 2.43. The minimum atomic E-state index is -0.348. The van der Waals surface area contributed by atoms with E-state index in [0.29, 0.717) is 6.54 Å². The van der Waals surface area contributed by atoms with Gasteiger partial charge >= 0.3 is 0 Å². The molecule has 0 aliphatic rings. The summed E-state index contributed by atoms with van der Waals surface area (Å²) in [6, 6.07) is 4.53. The lowest BCUT2D eigenvalue weighted by atomic mass is 10.2. The molecule has 0 atom stereocenters. The molecular formula is C14H13N3O3S. The van der Waals surface area contributed by atoms with Crippen molar-refractivity contribution in [3.05, 3.63) is 50.1 Å². The Morgan fingerprint density at radius 1 is 1.52 bits per heavy atom. The first-order valence-electron chi connectivity index (χ1n) is 6.08. The molecule has 21 heavy (non-hydrogen) atoms. The summed E-state index contributed by atoms with van der Waals surface area (Å²) in [4.78, 5) is 25.4. The zero-order valence-corrected chi connectivity index (χ0v) is 12.1. The van der Waals surface area contributed by atoms with Crippen LogP contribution in [0.15, 0.2) is 28.4 Å². The number of rotatable bonds is 3. The third-order valence-corrected chi connectivity index (χ3v) is 3.50. The van der Waals surface area contributed by atoms with E-state index in [2.05, 4.69) is 22.0 Å². The number of aromatic nitrogens is 2. The predicted octanol–water partition coefficient (Wildman–Crippen LogP) is 0.447. The van der Waals surface area contributed by atoms with Crippen LogP contribution in [0, 0.1) is 11.8 Å². The molecule has 0 bridgehead atoms. The highest BCUT2D eigenvalue weighted by atomic mass is 32.1. The van der Waals surface area contributed by atoms with Crippen molar-refractivity contribution in [1.29, 1.82) is 0 Å². The van der Waals surface area contributed by atoms with Gasteiger partial charge in [0.1, 0.15) is 12.3 Å². The van der Waals surface area contributed by atoms with E-state index >= 15 is 0 Å². The van der Waals surface area contributed by atoms with Crippen molar-refractivity contribution >= 4 is 17.2 Å². The largest absolute Gasteiger partial charge is 0.384 e. The van der Waals surface area contributed by atoms with Gasteiger partial charge in [-0.25, -0.2) is 5.10 Å². The van der Waals surface area contributed by atoms with Gasteiger partial charge in [-0.2, -0.15) is 5.10 Å². The Bertz CT molecular complexity index is 734. The maximum absolute atomic E-state index is 12.1. The molecule has 0 aromatic carbocycles. The van der Waals surface area contributed by atoms with Crippen LogP contribution in [0.4, 0.5) is 0 Å². The van der Waals surface area contributed by atoms with E-state index in [1.54, 1.807) is 7.05 Å². The van der Waals surface area contributed by atoms with Gasteiger partial charge in [0.15, 0.2) is 0 Å². The summed E-state index contributed by atoms with van der Waals surface area (Å²) in [7, 11) is 1.66. The minimum absolute atomic E-state index is 0.177. The Balaban J connectivity index is 2.05. The van der Waals surface area contributed by atoms with Gasteiger partial charge in [0.2, 0.25) is 0 Å². The summed E-state index contributed by atoms with van der Waals surface area (Å²) in [6.45, 7) is 0.237. The van der Waals surface area contributed by atoms with E-state index in [1.807, 2.05) is 11.4 Å². The molecule has 0 aliphatic heterocycles. The lowest BCUT2D eigenvalue weighted by Crippen LogP contribution is -2.27. The lowest BCUT2D eigenvalue weighted by Gasteiger charge is -2.15. The van der Waals surface area contributed by atoms with Gasteiger partial charge in [0, 0.05) is 19.7 Å². The molecule has 0 spiro atoms. The number of nitrogens with one attached hydrogen (secondary N) is 1. The van der Waals surface area contributed by atoms with Crippen LogP contribution in [0.2, 0.25) is 0 Å². The Kier molecular flexibility index (Phi) is 4.87. The highest BCUT2D eigenvalue weighted by Gasteiger charge is 2.14. The van der Waals surface area contributed by atoms with Crippen LogP contribution in [0.3, 0.4) is 0 Å². The molecule has 0 radical (unpaired) electrons. The number of carbonyl (C=O) groups excluding carboxylic acids is 1. The van der Waals surface area contributed by atoms with Crippen molar-refractivity contribution < 1.29 is 9.90 Å². The van der Waals surface area contributed by atoms with Crippen molar-refractivity contribution in [2.75, 3.05) is 13.7 Å². The third-order valence-electron chi connectivity index (χ3n) is 2.61. The fraction of sp³-hybridized carbons (Fsp3) is 0.214. The van der Waals surface area contributed by atoms with E-state index in [-0.39, 0.29) is 23.8 Å². The molecular weight excluding hydrogens is 290 g/mol. The highest BCUT2D eigenvalue weighted by molar-refractivity contribution is 7.10. The van der Waals surface area contributed by atoms with Crippen molar-refractivity contribution in [3.63, 3.8) is 0 Å². The summed E-state index contributed by atoms with van der Waals surface area (Å²) in [5.41, 5.74) is 0.786. The first-order chi connectivity index (χ1) is 10.1. The molecule has 2 rings (SSSR count). The Morgan fingerprint density at radius 2 is 2.33 bits per heavy atom. The van der Waals surface area contributed by atoms with E-state index in [1.165, 1.54) is 28.4 Å². The van der Waals surface area contributed by atoms with Gasteiger partial charge < -0.3 is 10.0 Å². The molecule has 2 heterocycles. The zero-order chi connectivity index (χ0) is 15.2. The molecule has 1 amide bonds. The molecule has 2 aromatic rings. The van der Waals surface area contributed by atoms with Gasteiger partial charge in [-0.15, -0.1) is 11.3 Å². The molecule has 7 heteroatoms. The van der Waals surface area contributed by atoms with Crippen LogP contribution in [0.1, 0.15) is 20.9 Å². The fourth-order valence-electron chi connectivity index (χ4n) is 1.66. The van der Waals surface area contributed by atoms with Gasteiger partial charge in [-0.3, -0.25) is 9.59 Å². The SMILES string of the molecule is CN(Cc1csc(C#CCO)c1)C(=O)c1ccc(=O)[nH]n1. The first kappa shape index (κ1) is 15.0. The van der Waals surface area contributed by atoms with Crippen molar-refractivity contribution in [1.82, 2.24) is 15.1 Å². The van der Waals surface area contributed by atoms with Crippen LogP contribution in [-0.2, 0) is 6.54 Å². The Morgan fingerprint density at radius 3 is 3.00 bits per heavy atom. The molecule has 2 aromatic heterocycles. The minimum Gasteiger partial charge on any atom is -0.384 e. The smallest absolute Gasteiger partial charge is 0.274 e. The number of aromatic amines is 1. The summed E-state index contributed by atoms with van der Waals surface area (Å²) in [5.74, 6) is 5.12. The van der Waals surface area contributed by atoms with E-state index in [9.17, 15) is 9.59 Å². The van der Waals surface area contributed by atoms with Crippen molar-refractivity contribution in [2.45, 2.75) is 6.54 Å². The number of nitrogens with zero attached hydrogens (tertiary/aromatic N) is 2. The molecule has 6 nitrogen and oxygen atoms in total. The van der Waals surface area contributed by atoms with Crippen LogP contribution < -0.4 is 5.56 Å². The third kappa shape index (κ3) is 4.02. The second-order valence-electron chi connectivity index (χ2n) is 4.25. The highest BCUT2D eigenvalue weighted by Crippen LogP contribution is 2.15. The molecule has 0 aliphatic carbocycles. The summed E-state index contributed by atoms with van der Waals surface area (Å²) in [5, 5.41) is 16.5. The first-order valence-corrected chi connectivity index (χ1v) is 6.96. The normalized spacial score (nSPS) is 9.81. The summed E-state index contributed by atoms with van der Waals surface area (Å²) >= 11 is 1.46.